The van der Waals surface area contributed by atoms with E-state index in [9.17, 15) is 5.26 Å². The van der Waals surface area contributed by atoms with Crippen LogP contribution in [0.15, 0.2) is 17.1 Å². The Labute approximate surface area is 179 Å². The summed E-state index contributed by atoms with van der Waals surface area (Å²) in [6, 6.07) is 5.67. The maximum atomic E-state index is 9.69. The SMILES string of the molecule is Cc1c(N=C2N(C#N)C[C@@H]3[C@H](O[Si](C)(C)C(C)(C)C)CCN23)ccc(C#N)c1Cl. The molecule has 1 aromatic carbocycles. The zero-order valence-corrected chi connectivity index (χ0v) is 19.7. The highest BCUT2D eigenvalue weighted by atomic mass is 35.5. The molecule has 6 nitrogen and oxygen atoms in total. The van der Waals surface area contributed by atoms with Crippen LogP contribution in [0, 0.1) is 29.7 Å². The van der Waals surface area contributed by atoms with Crippen molar-refractivity contribution < 1.29 is 4.43 Å². The fourth-order valence-corrected chi connectivity index (χ4v) is 5.19. The van der Waals surface area contributed by atoms with E-state index in [2.05, 4.69) is 51.0 Å². The lowest BCUT2D eigenvalue weighted by molar-refractivity contribution is 0.153. The third-order valence-electron chi connectivity index (χ3n) is 6.42. The lowest BCUT2D eigenvalue weighted by Crippen LogP contribution is -2.47. The van der Waals surface area contributed by atoms with Crippen molar-refractivity contribution in [3.63, 3.8) is 0 Å². The first-order valence-electron chi connectivity index (χ1n) is 9.90. The Balaban J connectivity index is 1.90. The van der Waals surface area contributed by atoms with Gasteiger partial charge in [-0.3, -0.25) is 0 Å². The molecule has 2 fully saturated rings. The number of nitrogens with zero attached hydrogens (tertiary/aromatic N) is 5. The highest BCUT2D eigenvalue weighted by molar-refractivity contribution is 6.74. The zero-order chi connectivity index (χ0) is 21.6. The second-order valence-electron chi connectivity index (χ2n) is 9.27. The van der Waals surface area contributed by atoms with Gasteiger partial charge in [-0.25, -0.2) is 9.89 Å². The predicted molar refractivity (Wildman–Crippen MR) is 117 cm³/mol. The fraction of sp³-hybridized carbons (Fsp3) is 0.571. The Bertz CT molecular complexity index is 925. The summed E-state index contributed by atoms with van der Waals surface area (Å²) >= 11 is 6.30. The highest BCUT2D eigenvalue weighted by Gasteiger charge is 2.49. The lowest BCUT2D eigenvalue weighted by Gasteiger charge is -2.39. The molecule has 2 aliphatic rings. The Kier molecular flexibility index (Phi) is 5.70. The first-order valence-corrected chi connectivity index (χ1v) is 13.2. The maximum absolute atomic E-state index is 9.69. The van der Waals surface area contributed by atoms with E-state index in [1.807, 2.05) is 6.92 Å². The van der Waals surface area contributed by atoms with Crippen LogP contribution in [0.25, 0.3) is 0 Å². The molecule has 0 radical (unpaired) electrons. The quantitative estimate of drug-likeness (QED) is 0.511. The molecule has 0 unspecified atom stereocenters. The number of fused-ring (bicyclic) bond motifs is 1. The fourth-order valence-electron chi connectivity index (χ4n) is 3.61. The molecule has 0 bridgehead atoms. The molecule has 29 heavy (non-hydrogen) atoms. The molecule has 0 aromatic heterocycles. The van der Waals surface area contributed by atoms with Crippen molar-refractivity contribution in [3.05, 3.63) is 28.3 Å². The van der Waals surface area contributed by atoms with Crippen molar-refractivity contribution in [2.75, 3.05) is 13.1 Å². The summed E-state index contributed by atoms with van der Waals surface area (Å²) in [5.74, 6) is 0.641. The molecular weight excluding hydrogens is 402 g/mol. The molecule has 1 aromatic rings. The summed E-state index contributed by atoms with van der Waals surface area (Å²) in [4.78, 5) is 8.60. The number of guanidine groups is 1. The van der Waals surface area contributed by atoms with Crippen molar-refractivity contribution in [3.8, 4) is 12.3 Å². The van der Waals surface area contributed by atoms with E-state index in [-0.39, 0.29) is 17.2 Å². The van der Waals surface area contributed by atoms with Crippen molar-refractivity contribution in [2.24, 2.45) is 4.99 Å². The van der Waals surface area contributed by atoms with Crippen LogP contribution in [0.3, 0.4) is 0 Å². The number of halogens is 1. The van der Waals surface area contributed by atoms with Gasteiger partial charge in [-0.1, -0.05) is 32.4 Å². The molecule has 2 atom stereocenters. The molecule has 154 valence electrons. The smallest absolute Gasteiger partial charge is 0.215 e. The Morgan fingerprint density at radius 2 is 1.97 bits per heavy atom. The molecule has 2 saturated heterocycles. The molecule has 0 amide bonds. The summed E-state index contributed by atoms with van der Waals surface area (Å²) in [6.07, 6.45) is 3.30. The van der Waals surface area contributed by atoms with E-state index in [1.165, 1.54) is 0 Å². The second-order valence-corrected chi connectivity index (χ2v) is 14.4. The molecule has 0 aliphatic carbocycles. The largest absolute Gasteiger partial charge is 0.412 e. The van der Waals surface area contributed by atoms with Gasteiger partial charge in [-0.2, -0.15) is 10.5 Å². The second kappa shape index (κ2) is 7.64. The summed E-state index contributed by atoms with van der Waals surface area (Å²) in [7, 11) is -1.90. The first-order chi connectivity index (χ1) is 13.5. The minimum absolute atomic E-state index is 0.102. The lowest BCUT2D eigenvalue weighted by atomic mass is 10.1. The Morgan fingerprint density at radius 3 is 2.55 bits per heavy atom. The molecule has 0 saturated carbocycles. The van der Waals surface area contributed by atoms with E-state index in [0.717, 1.165) is 18.5 Å². The molecule has 0 spiro atoms. The van der Waals surface area contributed by atoms with E-state index in [1.54, 1.807) is 17.0 Å². The number of rotatable bonds is 3. The van der Waals surface area contributed by atoms with Gasteiger partial charge in [0, 0.05) is 6.54 Å². The van der Waals surface area contributed by atoms with Crippen LogP contribution in [0.4, 0.5) is 5.69 Å². The van der Waals surface area contributed by atoms with E-state index >= 15 is 0 Å². The Morgan fingerprint density at radius 1 is 1.28 bits per heavy atom. The summed E-state index contributed by atoms with van der Waals surface area (Å²) in [5, 5.41) is 19.4. The van der Waals surface area contributed by atoms with Crippen LogP contribution in [0.5, 0.6) is 0 Å². The van der Waals surface area contributed by atoms with Crippen molar-refractivity contribution in [2.45, 2.75) is 64.4 Å². The van der Waals surface area contributed by atoms with E-state index in [4.69, 9.17) is 26.3 Å². The van der Waals surface area contributed by atoms with E-state index < -0.39 is 8.32 Å². The maximum Gasteiger partial charge on any atom is 0.215 e. The molecule has 3 rings (SSSR count). The number of aliphatic imine (C=N–C) groups is 1. The third-order valence-corrected chi connectivity index (χ3v) is 11.4. The third kappa shape index (κ3) is 3.87. The van der Waals surface area contributed by atoms with Gasteiger partial charge >= 0.3 is 0 Å². The summed E-state index contributed by atoms with van der Waals surface area (Å²) in [6.45, 7) is 14.5. The van der Waals surface area contributed by atoms with Crippen LogP contribution in [0.2, 0.25) is 23.2 Å². The molecule has 2 aliphatic heterocycles. The average molecular weight is 430 g/mol. The van der Waals surface area contributed by atoms with Gasteiger partial charge < -0.3 is 9.33 Å². The standard InChI is InChI=1S/C21H28ClN5OSi/c1-14-16(8-7-15(11-23)19(14)22)25-20-26(13-24)12-17-18(9-10-27(17)20)28-29(5,6)21(2,3)4/h7-8,17-18H,9-10,12H2,1-6H3/t17-,18-/m1/s1. The van der Waals surface area contributed by atoms with E-state index in [0.29, 0.717) is 28.8 Å². The topological polar surface area (TPSA) is 75.7 Å². The minimum atomic E-state index is -1.90. The summed E-state index contributed by atoms with van der Waals surface area (Å²) in [5.41, 5.74) is 1.85. The van der Waals surface area contributed by atoms with Crippen LogP contribution in [-0.2, 0) is 4.43 Å². The predicted octanol–water partition coefficient (Wildman–Crippen LogP) is 4.77. The molecule has 8 heteroatoms. The van der Waals surface area contributed by atoms with Gasteiger partial charge in [0.25, 0.3) is 0 Å². The van der Waals surface area contributed by atoms with Crippen LogP contribution in [-0.4, -0.2) is 49.3 Å². The van der Waals surface area contributed by atoms with Crippen molar-refractivity contribution >= 4 is 31.6 Å². The molecular formula is C21H28ClN5OSi. The highest BCUT2D eigenvalue weighted by Crippen LogP contribution is 2.40. The first kappa shape index (κ1) is 21.6. The normalized spacial score (nSPS) is 23.3. The monoisotopic (exact) mass is 429 g/mol. The van der Waals surface area contributed by atoms with Crippen LogP contribution in [0.1, 0.15) is 38.3 Å². The number of benzene rings is 1. The number of nitriles is 2. The van der Waals surface area contributed by atoms with Gasteiger partial charge in [0.1, 0.15) is 6.07 Å². The van der Waals surface area contributed by atoms with Crippen LogP contribution >= 0.6 is 11.6 Å². The van der Waals surface area contributed by atoms with Crippen molar-refractivity contribution in [1.82, 2.24) is 9.80 Å². The molecule has 2 heterocycles. The van der Waals surface area contributed by atoms with Crippen LogP contribution < -0.4 is 0 Å². The average Bonchev–Trinajstić information content (AvgIpc) is 3.18. The zero-order valence-electron chi connectivity index (χ0n) is 18.0. The summed E-state index contributed by atoms with van der Waals surface area (Å²) < 4.78 is 6.69. The van der Waals surface area contributed by atoms with Gasteiger partial charge in [-0.15, -0.1) is 0 Å². The minimum Gasteiger partial charge on any atom is -0.412 e. The molecule has 0 N–H and O–H groups in total. The Hall–Kier alpha value is -2.06. The van der Waals surface area contributed by atoms with Gasteiger partial charge in [0.15, 0.2) is 14.5 Å². The number of hydrogen-bond acceptors (Lipinski definition) is 4. The van der Waals surface area contributed by atoms with Gasteiger partial charge in [0.2, 0.25) is 5.96 Å². The van der Waals surface area contributed by atoms with Gasteiger partial charge in [0.05, 0.1) is 35.0 Å². The van der Waals surface area contributed by atoms with Crippen molar-refractivity contribution in [1.29, 1.82) is 10.5 Å². The van der Waals surface area contributed by atoms with Gasteiger partial charge in [-0.05, 0) is 49.2 Å². The number of hydrogen-bond donors (Lipinski definition) is 0.